The maximum atomic E-state index is 10.7. The summed E-state index contributed by atoms with van der Waals surface area (Å²) in [7, 11) is -8.39. The van der Waals surface area contributed by atoms with Crippen LogP contribution in [0.15, 0.2) is 0 Å². The molecule has 1 unspecified atom stereocenters. The SMILES string of the molecule is CCC(C)(C)OP(=O)(O)O.CCC(C)C(=N)OC(C)(C)CS(=O)(=O)O. The fourth-order valence-corrected chi connectivity index (χ4v) is 3.15. The van der Waals surface area contributed by atoms with Crippen LogP contribution in [0.25, 0.3) is 0 Å². The van der Waals surface area contributed by atoms with E-state index in [0.717, 1.165) is 6.42 Å². The Morgan fingerprint density at radius 3 is 1.84 bits per heavy atom. The third-order valence-corrected chi connectivity index (χ3v) is 4.99. The van der Waals surface area contributed by atoms with E-state index in [1.54, 1.807) is 20.8 Å². The van der Waals surface area contributed by atoms with Crippen LogP contribution in [-0.2, 0) is 23.9 Å². The Bertz CT molecular complexity index is 567. The van der Waals surface area contributed by atoms with Gasteiger partial charge in [0.15, 0.2) is 5.90 Å². The minimum Gasteiger partial charge on any atom is -0.474 e. The largest absolute Gasteiger partial charge is 0.474 e. The van der Waals surface area contributed by atoms with Gasteiger partial charge in [-0.25, -0.2) is 4.57 Å². The van der Waals surface area contributed by atoms with Crippen LogP contribution in [0.5, 0.6) is 0 Å². The van der Waals surface area contributed by atoms with Gasteiger partial charge in [0.2, 0.25) is 0 Å². The van der Waals surface area contributed by atoms with Crippen molar-refractivity contribution in [1.82, 2.24) is 0 Å². The fourth-order valence-electron chi connectivity index (χ4n) is 1.44. The molecule has 0 aromatic carbocycles. The average Bonchev–Trinajstić information content (AvgIpc) is 2.32. The lowest BCUT2D eigenvalue weighted by atomic mass is 10.1. The Morgan fingerprint density at radius 2 is 1.60 bits per heavy atom. The van der Waals surface area contributed by atoms with E-state index in [1.807, 2.05) is 13.8 Å². The summed E-state index contributed by atoms with van der Waals surface area (Å²) in [5.41, 5.74) is -1.81. The van der Waals surface area contributed by atoms with E-state index < -0.39 is 34.9 Å². The summed E-state index contributed by atoms with van der Waals surface area (Å²) in [5, 5.41) is 7.56. The molecule has 0 aliphatic heterocycles. The van der Waals surface area contributed by atoms with Gasteiger partial charge in [0.25, 0.3) is 10.1 Å². The Kier molecular flexibility index (Phi) is 10.7. The molecule has 0 heterocycles. The maximum Gasteiger partial charge on any atom is 0.470 e. The van der Waals surface area contributed by atoms with E-state index in [2.05, 4.69) is 4.52 Å². The minimum atomic E-state index is -4.30. The van der Waals surface area contributed by atoms with Gasteiger partial charge in [-0.3, -0.25) is 14.5 Å². The second-order valence-electron chi connectivity index (χ2n) is 6.96. The minimum absolute atomic E-state index is 0.0474. The number of ether oxygens (including phenoxy) is 1. The van der Waals surface area contributed by atoms with Gasteiger partial charge in [-0.1, -0.05) is 20.8 Å². The lowest BCUT2D eigenvalue weighted by Gasteiger charge is -2.26. The molecule has 1 atom stereocenters. The van der Waals surface area contributed by atoms with Crippen LogP contribution in [0.3, 0.4) is 0 Å². The van der Waals surface area contributed by atoms with Crippen molar-refractivity contribution in [2.75, 3.05) is 5.75 Å². The van der Waals surface area contributed by atoms with Crippen LogP contribution in [0.2, 0.25) is 0 Å². The molecule has 4 N–H and O–H groups in total. The number of hydrogen-bond donors (Lipinski definition) is 4. The van der Waals surface area contributed by atoms with Gasteiger partial charge < -0.3 is 14.5 Å². The van der Waals surface area contributed by atoms with Crippen molar-refractivity contribution in [1.29, 1.82) is 5.41 Å². The van der Waals surface area contributed by atoms with Crippen LogP contribution < -0.4 is 0 Å². The molecule has 0 aliphatic rings. The summed E-state index contributed by atoms with van der Waals surface area (Å²) in [6, 6.07) is 0. The molecule has 0 aromatic rings. The molecule has 0 aliphatic carbocycles. The topological polar surface area (TPSA) is 154 Å². The van der Waals surface area contributed by atoms with Gasteiger partial charge in [0.05, 0.1) is 5.60 Å². The van der Waals surface area contributed by atoms with Crippen LogP contribution in [0.4, 0.5) is 0 Å². The smallest absolute Gasteiger partial charge is 0.470 e. The first kappa shape index (κ1) is 26.7. The number of nitrogens with one attached hydrogen (secondary N) is 1. The zero-order valence-electron chi connectivity index (χ0n) is 15.9. The van der Waals surface area contributed by atoms with E-state index in [1.165, 1.54) is 13.8 Å². The Labute approximate surface area is 150 Å². The van der Waals surface area contributed by atoms with Crippen molar-refractivity contribution in [2.24, 2.45) is 5.92 Å². The highest BCUT2D eigenvalue weighted by Crippen LogP contribution is 2.42. The van der Waals surface area contributed by atoms with E-state index in [4.69, 9.17) is 24.5 Å². The Morgan fingerprint density at radius 1 is 1.16 bits per heavy atom. The lowest BCUT2D eigenvalue weighted by molar-refractivity contribution is 0.0621. The highest BCUT2D eigenvalue weighted by molar-refractivity contribution is 7.85. The Balaban J connectivity index is 0. The third-order valence-electron chi connectivity index (χ3n) is 3.19. The van der Waals surface area contributed by atoms with E-state index >= 15 is 0 Å². The quantitative estimate of drug-likeness (QED) is 0.208. The zero-order chi connectivity index (χ0) is 20.7. The van der Waals surface area contributed by atoms with Crippen LogP contribution in [0.1, 0.15) is 61.3 Å². The number of phosphoric ester groups is 1. The first-order valence-electron chi connectivity index (χ1n) is 7.83. The highest BCUT2D eigenvalue weighted by Gasteiger charge is 2.29. The molecule has 0 aromatic heterocycles. The first-order valence-corrected chi connectivity index (χ1v) is 11.0. The molecule has 11 heteroatoms. The molecule has 0 spiro atoms. The fraction of sp³-hybridized carbons (Fsp3) is 0.929. The molecule has 9 nitrogen and oxygen atoms in total. The summed E-state index contributed by atoms with van der Waals surface area (Å²) >= 11 is 0. The van der Waals surface area contributed by atoms with Crippen molar-refractivity contribution in [3.8, 4) is 0 Å². The predicted octanol–water partition coefficient (Wildman–Crippen LogP) is 2.98. The van der Waals surface area contributed by atoms with E-state index in [0.29, 0.717) is 6.42 Å². The molecule has 0 amide bonds. The Hall–Kier alpha value is -0.510. The normalized spacial score (nSPS) is 14.3. The van der Waals surface area contributed by atoms with Gasteiger partial charge in [-0.15, -0.1) is 0 Å². The molecule has 25 heavy (non-hydrogen) atoms. The monoisotopic (exact) mass is 405 g/mol. The predicted molar refractivity (Wildman–Crippen MR) is 96.3 cm³/mol. The second-order valence-corrected chi connectivity index (χ2v) is 9.57. The van der Waals surface area contributed by atoms with Gasteiger partial charge in [0, 0.05) is 5.92 Å². The van der Waals surface area contributed by atoms with Crippen molar-refractivity contribution in [3.63, 3.8) is 0 Å². The lowest BCUT2D eigenvalue weighted by Crippen LogP contribution is -2.37. The maximum absolute atomic E-state index is 10.7. The van der Waals surface area contributed by atoms with Crippen LogP contribution in [0, 0.1) is 11.3 Å². The average molecular weight is 405 g/mol. The summed E-state index contributed by atoms with van der Waals surface area (Å²) in [4.78, 5) is 16.7. The number of phosphoric acid groups is 1. The van der Waals surface area contributed by atoms with Crippen molar-refractivity contribution in [2.45, 2.75) is 72.5 Å². The molecule has 0 bridgehead atoms. The molecular formula is C14H32NO8PS. The molecule has 0 rings (SSSR count). The molecule has 0 fully saturated rings. The third kappa shape index (κ3) is 16.7. The van der Waals surface area contributed by atoms with Crippen molar-refractivity contribution < 1.29 is 36.6 Å². The number of rotatable bonds is 8. The van der Waals surface area contributed by atoms with Gasteiger partial charge in [0.1, 0.15) is 11.4 Å². The summed E-state index contributed by atoms with van der Waals surface area (Å²) < 4.78 is 50.0. The van der Waals surface area contributed by atoms with Crippen LogP contribution in [-0.4, -0.2) is 45.6 Å². The summed E-state index contributed by atoms with van der Waals surface area (Å²) in [6.07, 6.45) is 1.32. The standard InChI is InChI=1S/C9H19NO4S.C5H13O4P/c1-5-7(2)8(10)14-9(3,4)6-15(11,12)13;1-4-5(2,3)9-10(6,7)8/h7,10H,5-6H2,1-4H3,(H,11,12,13);4H2,1-3H3,(H2,6,7,8). The summed E-state index contributed by atoms with van der Waals surface area (Å²) in [5.74, 6) is -0.518. The molecule has 0 saturated heterocycles. The zero-order valence-corrected chi connectivity index (χ0v) is 17.6. The van der Waals surface area contributed by atoms with Gasteiger partial charge >= 0.3 is 7.82 Å². The summed E-state index contributed by atoms with van der Waals surface area (Å²) in [6.45, 7) is 11.9. The first-order chi connectivity index (χ1) is 10.8. The van der Waals surface area contributed by atoms with E-state index in [9.17, 15) is 13.0 Å². The molecule has 0 radical (unpaired) electrons. The highest BCUT2D eigenvalue weighted by atomic mass is 32.2. The van der Waals surface area contributed by atoms with Gasteiger partial charge in [-0.05, 0) is 40.5 Å². The second kappa shape index (κ2) is 9.99. The van der Waals surface area contributed by atoms with Gasteiger partial charge in [-0.2, -0.15) is 8.42 Å². The van der Waals surface area contributed by atoms with Crippen molar-refractivity contribution >= 4 is 23.8 Å². The van der Waals surface area contributed by atoms with E-state index in [-0.39, 0.29) is 11.8 Å². The molecular weight excluding hydrogens is 373 g/mol. The molecule has 0 saturated carbocycles. The number of hydrogen-bond acceptors (Lipinski definition) is 6. The van der Waals surface area contributed by atoms with Crippen LogP contribution >= 0.6 is 7.82 Å². The van der Waals surface area contributed by atoms with Crippen molar-refractivity contribution in [3.05, 3.63) is 0 Å². The molecule has 152 valence electrons.